The second kappa shape index (κ2) is 5.17. The zero-order valence-electron chi connectivity index (χ0n) is 10.9. The molecule has 3 nitrogen and oxygen atoms in total. The first-order valence-corrected chi connectivity index (χ1v) is 6.24. The monoisotopic (exact) mass is 234 g/mol. The summed E-state index contributed by atoms with van der Waals surface area (Å²) in [4.78, 5) is 0. The van der Waals surface area contributed by atoms with Gasteiger partial charge in [0.05, 0.1) is 13.2 Å². The fraction of sp³-hybridized carbons (Fsp3) is 0.571. The second-order valence-electron chi connectivity index (χ2n) is 4.97. The van der Waals surface area contributed by atoms with Crippen LogP contribution in [-0.4, -0.2) is 25.8 Å². The molecule has 1 aliphatic rings. The maximum atomic E-state index is 6.38. The van der Waals surface area contributed by atoms with Crippen LogP contribution in [0, 0.1) is 20.8 Å². The van der Waals surface area contributed by atoms with E-state index in [1.807, 2.05) is 0 Å². The lowest BCUT2D eigenvalue weighted by molar-refractivity contribution is 0.0683. The van der Waals surface area contributed by atoms with Gasteiger partial charge in [-0.05, 0) is 37.5 Å². The van der Waals surface area contributed by atoms with E-state index in [2.05, 4.69) is 38.2 Å². The van der Waals surface area contributed by atoms with Gasteiger partial charge in [0.1, 0.15) is 0 Å². The van der Waals surface area contributed by atoms with Crippen LogP contribution in [0.3, 0.4) is 0 Å². The molecule has 2 atom stereocenters. The number of hydrogen-bond acceptors (Lipinski definition) is 3. The van der Waals surface area contributed by atoms with Gasteiger partial charge in [0.2, 0.25) is 0 Å². The van der Waals surface area contributed by atoms with Crippen molar-refractivity contribution in [3.8, 4) is 0 Å². The molecule has 1 fully saturated rings. The molecule has 0 radical (unpaired) electrons. The molecule has 0 amide bonds. The Bertz CT molecular complexity index is 374. The number of benzene rings is 1. The lowest BCUT2D eigenvalue weighted by Crippen LogP contribution is -2.48. The van der Waals surface area contributed by atoms with Crippen LogP contribution < -0.4 is 11.1 Å². The molecular weight excluding hydrogens is 212 g/mol. The highest BCUT2D eigenvalue weighted by molar-refractivity contribution is 5.40. The first-order valence-electron chi connectivity index (χ1n) is 6.24. The fourth-order valence-corrected chi connectivity index (χ4v) is 2.73. The van der Waals surface area contributed by atoms with Crippen LogP contribution >= 0.6 is 0 Å². The van der Waals surface area contributed by atoms with Crippen molar-refractivity contribution in [2.45, 2.75) is 32.9 Å². The summed E-state index contributed by atoms with van der Waals surface area (Å²) in [5.41, 5.74) is 11.5. The summed E-state index contributed by atoms with van der Waals surface area (Å²) in [5, 5.41) is 3.44. The smallest absolute Gasteiger partial charge is 0.0638 e. The van der Waals surface area contributed by atoms with Crippen molar-refractivity contribution in [1.82, 2.24) is 5.32 Å². The molecule has 2 unspecified atom stereocenters. The van der Waals surface area contributed by atoms with Crippen molar-refractivity contribution in [1.29, 1.82) is 0 Å². The van der Waals surface area contributed by atoms with Gasteiger partial charge in [0.15, 0.2) is 0 Å². The third-order valence-corrected chi connectivity index (χ3v) is 3.46. The van der Waals surface area contributed by atoms with Gasteiger partial charge >= 0.3 is 0 Å². The Balaban J connectivity index is 2.26. The highest BCUT2D eigenvalue weighted by Crippen LogP contribution is 2.25. The summed E-state index contributed by atoms with van der Waals surface area (Å²) in [5.74, 6) is 0. The minimum absolute atomic E-state index is 0.0101. The number of rotatable bonds is 2. The lowest BCUT2D eigenvalue weighted by Gasteiger charge is -2.31. The Kier molecular flexibility index (Phi) is 3.82. The van der Waals surface area contributed by atoms with Crippen molar-refractivity contribution < 1.29 is 4.74 Å². The van der Waals surface area contributed by atoms with Gasteiger partial charge in [0, 0.05) is 18.6 Å². The highest BCUT2D eigenvalue weighted by Gasteiger charge is 2.24. The Morgan fingerprint density at radius 3 is 2.47 bits per heavy atom. The van der Waals surface area contributed by atoms with E-state index >= 15 is 0 Å². The molecule has 0 spiro atoms. The fourth-order valence-electron chi connectivity index (χ4n) is 2.73. The summed E-state index contributed by atoms with van der Waals surface area (Å²) in [6, 6.07) is 4.64. The Labute approximate surface area is 103 Å². The number of hydrogen-bond donors (Lipinski definition) is 2. The van der Waals surface area contributed by atoms with Gasteiger partial charge in [-0.2, -0.15) is 0 Å². The molecule has 2 rings (SSSR count). The van der Waals surface area contributed by atoms with Crippen molar-refractivity contribution in [3.05, 3.63) is 34.4 Å². The molecule has 0 bridgehead atoms. The van der Waals surface area contributed by atoms with E-state index in [0.29, 0.717) is 6.61 Å². The molecule has 94 valence electrons. The van der Waals surface area contributed by atoms with Gasteiger partial charge in [0.25, 0.3) is 0 Å². The van der Waals surface area contributed by atoms with E-state index in [1.54, 1.807) is 0 Å². The second-order valence-corrected chi connectivity index (χ2v) is 4.97. The number of nitrogens with two attached hydrogens (primary N) is 1. The predicted molar refractivity (Wildman–Crippen MR) is 70.2 cm³/mol. The maximum Gasteiger partial charge on any atom is 0.0638 e. The number of ether oxygens (including phenoxy) is 1. The molecule has 1 heterocycles. The Morgan fingerprint density at radius 1 is 1.29 bits per heavy atom. The molecule has 1 saturated heterocycles. The highest BCUT2D eigenvalue weighted by atomic mass is 16.5. The lowest BCUT2D eigenvalue weighted by atomic mass is 9.90. The molecule has 1 aliphatic heterocycles. The summed E-state index contributed by atoms with van der Waals surface area (Å²) >= 11 is 0. The van der Waals surface area contributed by atoms with Crippen LogP contribution in [0.15, 0.2) is 12.1 Å². The van der Waals surface area contributed by atoms with Gasteiger partial charge in [-0.1, -0.05) is 17.7 Å². The Hall–Kier alpha value is -0.900. The molecule has 0 saturated carbocycles. The van der Waals surface area contributed by atoms with E-state index in [1.165, 1.54) is 22.3 Å². The van der Waals surface area contributed by atoms with Crippen LogP contribution in [0.1, 0.15) is 28.3 Å². The quantitative estimate of drug-likeness (QED) is 0.817. The van der Waals surface area contributed by atoms with E-state index in [4.69, 9.17) is 10.5 Å². The minimum atomic E-state index is 0.0101. The van der Waals surface area contributed by atoms with Crippen molar-refractivity contribution in [2.75, 3.05) is 19.8 Å². The first-order chi connectivity index (χ1) is 8.09. The molecule has 1 aromatic carbocycles. The minimum Gasteiger partial charge on any atom is -0.378 e. The zero-order valence-corrected chi connectivity index (χ0v) is 10.9. The largest absolute Gasteiger partial charge is 0.378 e. The molecule has 3 heteroatoms. The van der Waals surface area contributed by atoms with Crippen LogP contribution in [-0.2, 0) is 4.74 Å². The normalized spacial score (nSPS) is 22.5. The van der Waals surface area contributed by atoms with Gasteiger partial charge < -0.3 is 15.8 Å². The molecule has 0 aliphatic carbocycles. The van der Waals surface area contributed by atoms with Gasteiger partial charge in [-0.3, -0.25) is 0 Å². The van der Waals surface area contributed by atoms with E-state index in [9.17, 15) is 0 Å². The first kappa shape index (κ1) is 12.6. The van der Waals surface area contributed by atoms with Gasteiger partial charge in [-0.15, -0.1) is 0 Å². The number of nitrogens with one attached hydrogen (secondary N) is 1. The van der Waals surface area contributed by atoms with Crippen molar-refractivity contribution in [3.63, 3.8) is 0 Å². The maximum absolute atomic E-state index is 6.38. The molecule has 3 N–H and O–H groups in total. The zero-order chi connectivity index (χ0) is 12.4. The predicted octanol–water partition coefficient (Wildman–Crippen LogP) is 1.60. The summed E-state index contributed by atoms with van der Waals surface area (Å²) in [6.45, 7) is 8.78. The SMILES string of the molecule is Cc1cc(C)c(C(N)C2COCCN2)c(C)c1. The van der Waals surface area contributed by atoms with E-state index in [-0.39, 0.29) is 12.1 Å². The number of morpholine rings is 1. The van der Waals surface area contributed by atoms with E-state index < -0.39 is 0 Å². The van der Waals surface area contributed by atoms with Crippen LogP contribution in [0.5, 0.6) is 0 Å². The third kappa shape index (κ3) is 2.68. The van der Waals surface area contributed by atoms with E-state index in [0.717, 1.165) is 13.2 Å². The average Bonchev–Trinajstić information content (AvgIpc) is 2.28. The van der Waals surface area contributed by atoms with Crippen LogP contribution in [0.25, 0.3) is 0 Å². The molecule has 17 heavy (non-hydrogen) atoms. The standard InChI is InChI=1S/C14H22N2O/c1-9-6-10(2)13(11(3)7-9)14(15)12-8-17-5-4-16-12/h6-7,12,14,16H,4-5,8,15H2,1-3H3. The van der Waals surface area contributed by atoms with Crippen LogP contribution in [0.4, 0.5) is 0 Å². The van der Waals surface area contributed by atoms with Gasteiger partial charge in [-0.25, -0.2) is 0 Å². The van der Waals surface area contributed by atoms with Crippen molar-refractivity contribution in [2.24, 2.45) is 5.73 Å². The average molecular weight is 234 g/mol. The summed E-state index contributed by atoms with van der Waals surface area (Å²) in [7, 11) is 0. The van der Waals surface area contributed by atoms with Crippen molar-refractivity contribution >= 4 is 0 Å². The topological polar surface area (TPSA) is 47.3 Å². The van der Waals surface area contributed by atoms with Crippen LogP contribution in [0.2, 0.25) is 0 Å². The third-order valence-electron chi connectivity index (χ3n) is 3.46. The summed E-state index contributed by atoms with van der Waals surface area (Å²) < 4.78 is 5.49. The molecule has 0 aromatic heterocycles. The Morgan fingerprint density at radius 2 is 1.94 bits per heavy atom. The molecule has 1 aromatic rings. The summed E-state index contributed by atoms with van der Waals surface area (Å²) in [6.07, 6.45) is 0. The number of aryl methyl sites for hydroxylation is 3. The molecular formula is C14H22N2O.